The molecule has 4 nitrogen and oxygen atoms in total. The molecule has 0 aliphatic heterocycles. The molecule has 0 unspecified atom stereocenters. The van der Waals surface area contributed by atoms with Crippen molar-refractivity contribution in [2.75, 3.05) is 12.0 Å². The Morgan fingerprint density at radius 3 is 2.47 bits per heavy atom. The summed E-state index contributed by atoms with van der Waals surface area (Å²) in [5, 5.41) is 8.46. The third-order valence-electron chi connectivity index (χ3n) is 2.36. The topological polar surface area (TPSA) is 54.3 Å². The summed E-state index contributed by atoms with van der Waals surface area (Å²) < 4.78 is 2.03. The molecule has 0 aliphatic carbocycles. The molecule has 84 valence electrons. The lowest BCUT2D eigenvalue weighted by Gasteiger charge is -2.11. The van der Waals surface area contributed by atoms with Crippen LogP contribution in [0.5, 0.6) is 0 Å². The van der Waals surface area contributed by atoms with Crippen molar-refractivity contribution in [2.24, 2.45) is 0 Å². The van der Waals surface area contributed by atoms with Crippen LogP contribution in [-0.4, -0.2) is 22.3 Å². The maximum Gasteiger partial charge on any atom is 0.303 e. The van der Waals surface area contributed by atoms with Crippen molar-refractivity contribution in [3.63, 3.8) is 0 Å². The third kappa shape index (κ3) is 3.65. The van der Waals surface area contributed by atoms with Crippen LogP contribution in [-0.2, 0) is 4.79 Å². The van der Waals surface area contributed by atoms with E-state index in [1.54, 1.807) is 0 Å². The van der Waals surface area contributed by atoms with Crippen molar-refractivity contribution >= 4 is 5.97 Å². The normalized spacial score (nSPS) is 10.3. The van der Waals surface area contributed by atoms with Crippen LogP contribution >= 0.6 is 0 Å². The maximum absolute atomic E-state index is 10.3. The molecule has 0 atom stereocenters. The van der Waals surface area contributed by atoms with Crippen LogP contribution in [0.1, 0.15) is 30.7 Å². The molecule has 0 aliphatic rings. The van der Waals surface area contributed by atoms with Crippen LogP contribution in [0.25, 0.3) is 0 Å². The molecule has 15 heavy (non-hydrogen) atoms. The van der Waals surface area contributed by atoms with Gasteiger partial charge in [0, 0.05) is 24.4 Å². The number of nitrogens with one attached hydrogen (secondary N) is 1. The van der Waals surface area contributed by atoms with Gasteiger partial charge >= 0.3 is 5.97 Å². The number of aromatic nitrogens is 1. The molecule has 1 rings (SSSR count). The molecule has 1 aromatic heterocycles. The fourth-order valence-electron chi connectivity index (χ4n) is 1.51. The summed E-state index contributed by atoms with van der Waals surface area (Å²) in [5.74, 6) is -0.719. The van der Waals surface area contributed by atoms with Crippen LogP contribution in [0, 0.1) is 13.8 Å². The zero-order valence-electron chi connectivity index (χ0n) is 9.29. The lowest BCUT2D eigenvalue weighted by atomic mass is 10.2. The van der Waals surface area contributed by atoms with Gasteiger partial charge in [-0.3, -0.25) is 9.47 Å². The molecule has 0 fully saturated rings. The number of nitrogens with zero attached hydrogens (tertiary/aromatic N) is 1. The molecule has 2 N–H and O–H groups in total. The van der Waals surface area contributed by atoms with Gasteiger partial charge in [-0.25, -0.2) is 0 Å². The molecule has 1 heterocycles. The van der Waals surface area contributed by atoms with Gasteiger partial charge in [0.2, 0.25) is 0 Å². The minimum Gasteiger partial charge on any atom is -0.481 e. The Labute approximate surface area is 89.9 Å². The molecule has 0 bridgehead atoms. The first-order valence-corrected chi connectivity index (χ1v) is 5.22. The predicted octanol–water partition coefficient (Wildman–Crippen LogP) is 1.90. The zero-order valence-corrected chi connectivity index (χ0v) is 9.29. The fraction of sp³-hybridized carbons (Fsp3) is 0.545. The van der Waals surface area contributed by atoms with Crippen molar-refractivity contribution < 1.29 is 9.90 Å². The summed E-state index contributed by atoms with van der Waals surface area (Å²) in [4.78, 5) is 10.3. The Balaban J connectivity index is 2.23. The van der Waals surface area contributed by atoms with E-state index in [9.17, 15) is 4.79 Å². The van der Waals surface area contributed by atoms with E-state index in [-0.39, 0.29) is 6.42 Å². The van der Waals surface area contributed by atoms with E-state index in [0.29, 0.717) is 0 Å². The number of unbranched alkanes of at least 4 members (excludes halogenated alkanes) is 1. The van der Waals surface area contributed by atoms with Gasteiger partial charge < -0.3 is 10.5 Å². The quantitative estimate of drug-likeness (QED) is 0.705. The molecule has 0 saturated heterocycles. The van der Waals surface area contributed by atoms with Crippen molar-refractivity contribution in [1.29, 1.82) is 0 Å². The Morgan fingerprint density at radius 1 is 1.33 bits per heavy atom. The Bertz CT molecular complexity index is 312. The van der Waals surface area contributed by atoms with E-state index >= 15 is 0 Å². The SMILES string of the molecule is Cc1ccc(C)n1NCCCCC(=O)O. The van der Waals surface area contributed by atoms with Crippen molar-refractivity contribution in [1.82, 2.24) is 4.68 Å². The Kier molecular flexibility index (Phi) is 4.21. The van der Waals surface area contributed by atoms with E-state index in [2.05, 4.69) is 17.6 Å². The van der Waals surface area contributed by atoms with E-state index in [0.717, 1.165) is 19.4 Å². The molecular formula is C11H18N2O2. The number of hydrogen-bond donors (Lipinski definition) is 2. The van der Waals surface area contributed by atoms with Gasteiger partial charge in [0.25, 0.3) is 0 Å². The molecule has 0 aromatic carbocycles. The highest BCUT2D eigenvalue weighted by molar-refractivity contribution is 5.66. The molecule has 1 aromatic rings. The summed E-state index contributed by atoms with van der Waals surface area (Å²) in [5.41, 5.74) is 5.60. The van der Waals surface area contributed by atoms with Crippen LogP contribution in [0.3, 0.4) is 0 Å². The second-order valence-corrected chi connectivity index (χ2v) is 3.71. The zero-order chi connectivity index (χ0) is 11.3. The standard InChI is InChI=1S/C11H18N2O2/c1-9-6-7-10(2)13(9)12-8-4-3-5-11(14)15/h6-7,12H,3-5,8H2,1-2H3,(H,14,15). The second kappa shape index (κ2) is 5.44. The summed E-state index contributed by atoms with van der Waals surface area (Å²) >= 11 is 0. The Hall–Kier alpha value is -1.45. The first-order chi connectivity index (χ1) is 7.11. The minimum absolute atomic E-state index is 0.255. The number of aryl methyl sites for hydroxylation is 2. The first kappa shape index (κ1) is 11.6. The smallest absolute Gasteiger partial charge is 0.303 e. The summed E-state index contributed by atoms with van der Waals surface area (Å²) in [6.45, 7) is 4.89. The third-order valence-corrected chi connectivity index (χ3v) is 2.36. The molecule has 0 amide bonds. The van der Waals surface area contributed by atoms with Gasteiger partial charge in [0.05, 0.1) is 0 Å². The lowest BCUT2D eigenvalue weighted by Crippen LogP contribution is -2.18. The number of carbonyl (C=O) groups is 1. The highest BCUT2D eigenvalue weighted by Crippen LogP contribution is 2.04. The van der Waals surface area contributed by atoms with Crippen LogP contribution in [0.15, 0.2) is 12.1 Å². The monoisotopic (exact) mass is 210 g/mol. The number of rotatable bonds is 6. The summed E-state index contributed by atoms with van der Waals surface area (Å²) in [6.07, 6.45) is 1.86. The molecule has 0 saturated carbocycles. The molecule has 0 spiro atoms. The summed E-state index contributed by atoms with van der Waals surface area (Å²) in [6, 6.07) is 4.11. The van der Waals surface area contributed by atoms with Crippen molar-refractivity contribution in [2.45, 2.75) is 33.1 Å². The number of carboxylic acid groups (broad SMARTS) is 1. The largest absolute Gasteiger partial charge is 0.481 e. The van der Waals surface area contributed by atoms with E-state index < -0.39 is 5.97 Å². The molecule has 0 radical (unpaired) electrons. The maximum atomic E-state index is 10.3. The number of hydrogen-bond acceptors (Lipinski definition) is 2. The molecular weight excluding hydrogens is 192 g/mol. The van der Waals surface area contributed by atoms with Crippen LogP contribution < -0.4 is 5.43 Å². The van der Waals surface area contributed by atoms with Crippen molar-refractivity contribution in [3.05, 3.63) is 23.5 Å². The van der Waals surface area contributed by atoms with Gasteiger partial charge in [-0.1, -0.05) is 0 Å². The van der Waals surface area contributed by atoms with E-state index in [1.165, 1.54) is 11.4 Å². The van der Waals surface area contributed by atoms with Crippen LogP contribution in [0.4, 0.5) is 0 Å². The lowest BCUT2D eigenvalue weighted by molar-refractivity contribution is -0.137. The van der Waals surface area contributed by atoms with E-state index in [4.69, 9.17) is 5.11 Å². The van der Waals surface area contributed by atoms with Gasteiger partial charge in [0.1, 0.15) is 0 Å². The van der Waals surface area contributed by atoms with Gasteiger partial charge in [0.15, 0.2) is 0 Å². The Morgan fingerprint density at radius 2 is 1.93 bits per heavy atom. The minimum atomic E-state index is -0.719. The van der Waals surface area contributed by atoms with Gasteiger partial charge in [-0.05, 0) is 38.8 Å². The average Bonchev–Trinajstić information content (AvgIpc) is 2.47. The number of aliphatic carboxylic acids is 1. The summed E-state index contributed by atoms with van der Waals surface area (Å²) in [7, 11) is 0. The highest BCUT2D eigenvalue weighted by atomic mass is 16.4. The van der Waals surface area contributed by atoms with Gasteiger partial charge in [-0.15, -0.1) is 0 Å². The first-order valence-electron chi connectivity index (χ1n) is 5.22. The number of carboxylic acids is 1. The second-order valence-electron chi connectivity index (χ2n) is 3.71. The fourth-order valence-corrected chi connectivity index (χ4v) is 1.51. The van der Waals surface area contributed by atoms with Crippen molar-refractivity contribution in [3.8, 4) is 0 Å². The van der Waals surface area contributed by atoms with Gasteiger partial charge in [-0.2, -0.15) is 0 Å². The van der Waals surface area contributed by atoms with Crippen LogP contribution in [0.2, 0.25) is 0 Å². The average molecular weight is 210 g/mol. The highest BCUT2D eigenvalue weighted by Gasteiger charge is 2.00. The van der Waals surface area contributed by atoms with E-state index in [1.807, 2.05) is 18.5 Å². The molecule has 4 heteroatoms. The predicted molar refractivity (Wildman–Crippen MR) is 59.6 cm³/mol.